The number of aromatic nitrogens is 4. The van der Waals surface area contributed by atoms with Crippen LogP contribution in [0.3, 0.4) is 0 Å². The summed E-state index contributed by atoms with van der Waals surface area (Å²) >= 11 is 5.89. The summed E-state index contributed by atoms with van der Waals surface area (Å²) in [6, 6.07) is 5.32. The first-order valence-electron chi connectivity index (χ1n) is 5.38. The zero-order valence-electron chi connectivity index (χ0n) is 9.38. The van der Waals surface area contributed by atoms with Crippen molar-refractivity contribution in [2.45, 2.75) is 13.1 Å². The maximum Gasteiger partial charge on any atom is 0.217 e. The molecule has 3 aromatic rings. The van der Waals surface area contributed by atoms with Gasteiger partial charge in [0, 0.05) is 11.6 Å². The Morgan fingerprint density at radius 1 is 1.39 bits per heavy atom. The van der Waals surface area contributed by atoms with Crippen molar-refractivity contribution in [3.05, 3.63) is 41.0 Å². The monoisotopic (exact) mass is 263 g/mol. The summed E-state index contributed by atoms with van der Waals surface area (Å²) in [6.45, 7) is 0.780. The zero-order valence-corrected chi connectivity index (χ0v) is 10.1. The molecule has 0 amide bonds. The van der Waals surface area contributed by atoms with Gasteiger partial charge in [-0.25, -0.2) is 9.67 Å². The largest absolute Gasteiger partial charge is 0.439 e. The Bertz CT molecular complexity index is 690. The van der Waals surface area contributed by atoms with Gasteiger partial charge in [0.2, 0.25) is 5.89 Å². The van der Waals surface area contributed by atoms with Crippen molar-refractivity contribution >= 4 is 22.7 Å². The van der Waals surface area contributed by atoms with E-state index in [9.17, 15) is 0 Å². The second kappa shape index (κ2) is 4.40. The van der Waals surface area contributed by atoms with E-state index in [1.165, 1.54) is 0 Å². The topological polar surface area (TPSA) is 82.8 Å². The Balaban J connectivity index is 1.90. The smallest absolute Gasteiger partial charge is 0.217 e. The van der Waals surface area contributed by atoms with Gasteiger partial charge in [-0.3, -0.25) is 0 Å². The first-order valence-corrected chi connectivity index (χ1v) is 5.76. The number of halogens is 1. The lowest BCUT2D eigenvalue weighted by Gasteiger charge is -1.93. The molecule has 92 valence electrons. The van der Waals surface area contributed by atoms with Gasteiger partial charge in [-0.05, 0) is 18.2 Å². The Labute approximate surface area is 107 Å². The molecule has 0 saturated carbocycles. The lowest BCUT2D eigenvalue weighted by molar-refractivity contribution is 0.485. The van der Waals surface area contributed by atoms with E-state index in [4.69, 9.17) is 21.8 Å². The number of nitrogens with two attached hydrogens (primary N) is 1. The second-order valence-corrected chi connectivity index (χ2v) is 4.27. The zero-order chi connectivity index (χ0) is 12.5. The third-order valence-corrected chi connectivity index (χ3v) is 2.72. The average molecular weight is 264 g/mol. The fraction of sp³-hybridized carbons (Fsp3) is 0.182. The van der Waals surface area contributed by atoms with Crippen molar-refractivity contribution in [1.29, 1.82) is 0 Å². The Kier molecular flexibility index (Phi) is 2.73. The van der Waals surface area contributed by atoms with E-state index in [0.717, 1.165) is 11.2 Å². The van der Waals surface area contributed by atoms with Gasteiger partial charge in [0.15, 0.2) is 5.58 Å². The van der Waals surface area contributed by atoms with Crippen LogP contribution in [0.5, 0.6) is 0 Å². The minimum atomic E-state index is 0.364. The van der Waals surface area contributed by atoms with Crippen molar-refractivity contribution < 1.29 is 4.42 Å². The van der Waals surface area contributed by atoms with Crippen molar-refractivity contribution in [3.63, 3.8) is 0 Å². The van der Waals surface area contributed by atoms with Crippen molar-refractivity contribution in [1.82, 2.24) is 20.0 Å². The lowest BCUT2D eigenvalue weighted by atomic mass is 10.3. The van der Waals surface area contributed by atoms with Crippen molar-refractivity contribution in [2.75, 3.05) is 0 Å². The predicted molar refractivity (Wildman–Crippen MR) is 66.0 cm³/mol. The van der Waals surface area contributed by atoms with E-state index in [2.05, 4.69) is 15.3 Å². The summed E-state index contributed by atoms with van der Waals surface area (Å²) in [5, 5.41) is 8.46. The molecule has 0 aliphatic carbocycles. The molecule has 0 bridgehead atoms. The highest BCUT2D eigenvalue weighted by atomic mass is 35.5. The number of hydrogen-bond acceptors (Lipinski definition) is 5. The summed E-state index contributed by atoms with van der Waals surface area (Å²) in [5.41, 5.74) is 7.63. The maximum absolute atomic E-state index is 5.89. The molecule has 0 aliphatic heterocycles. The van der Waals surface area contributed by atoms with Crippen molar-refractivity contribution in [3.8, 4) is 0 Å². The highest BCUT2D eigenvalue weighted by Gasteiger charge is 2.08. The molecule has 2 aromatic heterocycles. The molecule has 0 atom stereocenters. The number of nitrogens with zero attached hydrogens (tertiary/aromatic N) is 4. The summed E-state index contributed by atoms with van der Waals surface area (Å²) < 4.78 is 7.21. The van der Waals surface area contributed by atoms with Crippen LogP contribution in [0.25, 0.3) is 11.1 Å². The van der Waals surface area contributed by atoms with E-state index >= 15 is 0 Å². The number of hydrogen-bond donors (Lipinski definition) is 1. The molecule has 7 heteroatoms. The molecule has 0 spiro atoms. The fourth-order valence-corrected chi connectivity index (χ4v) is 1.83. The lowest BCUT2D eigenvalue weighted by Crippen LogP contribution is -2.00. The van der Waals surface area contributed by atoms with Crippen LogP contribution in [-0.4, -0.2) is 20.0 Å². The number of oxazole rings is 1. The summed E-state index contributed by atoms with van der Waals surface area (Å²) in [5.74, 6) is 0.556. The van der Waals surface area contributed by atoms with Crippen LogP contribution < -0.4 is 5.73 Å². The number of rotatable bonds is 3. The van der Waals surface area contributed by atoms with Crippen LogP contribution in [0.4, 0.5) is 0 Å². The van der Waals surface area contributed by atoms with Crippen LogP contribution in [0.15, 0.2) is 28.8 Å². The molecule has 0 saturated heterocycles. The van der Waals surface area contributed by atoms with Gasteiger partial charge in [-0.2, -0.15) is 0 Å². The Morgan fingerprint density at radius 2 is 2.28 bits per heavy atom. The van der Waals surface area contributed by atoms with E-state index in [1.807, 2.05) is 0 Å². The van der Waals surface area contributed by atoms with Gasteiger partial charge in [0.1, 0.15) is 12.1 Å². The second-order valence-electron chi connectivity index (χ2n) is 3.83. The van der Waals surface area contributed by atoms with Gasteiger partial charge in [0.25, 0.3) is 0 Å². The van der Waals surface area contributed by atoms with Crippen LogP contribution in [0.2, 0.25) is 5.02 Å². The van der Waals surface area contributed by atoms with Gasteiger partial charge in [0.05, 0.1) is 11.9 Å². The van der Waals surface area contributed by atoms with E-state index in [0.29, 0.717) is 29.6 Å². The molecular weight excluding hydrogens is 254 g/mol. The van der Waals surface area contributed by atoms with Gasteiger partial charge >= 0.3 is 0 Å². The standard InChI is InChI=1S/C11H10ClN5O/c12-7-1-2-10-9(3-7)14-11(18-10)6-17-5-8(4-13)15-16-17/h1-3,5H,4,6,13H2. The molecule has 0 radical (unpaired) electrons. The summed E-state index contributed by atoms with van der Waals surface area (Å²) in [4.78, 5) is 4.33. The first kappa shape index (κ1) is 11.2. The molecule has 0 unspecified atom stereocenters. The van der Waals surface area contributed by atoms with Crippen LogP contribution in [0, 0.1) is 0 Å². The minimum absolute atomic E-state index is 0.364. The number of fused-ring (bicyclic) bond motifs is 1. The SMILES string of the molecule is NCc1cn(Cc2nc3cc(Cl)ccc3o2)nn1. The molecule has 6 nitrogen and oxygen atoms in total. The Morgan fingerprint density at radius 3 is 3.06 bits per heavy atom. The van der Waals surface area contributed by atoms with Gasteiger partial charge in [-0.1, -0.05) is 16.8 Å². The van der Waals surface area contributed by atoms with Crippen LogP contribution in [0.1, 0.15) is 11.6 Å². The van der Waals surface area contributed by atoms with Crippen LogP contribution in [-0.2, 0) is 13.1 Å². The van der Waals surface area contributed by atoms with Crippen LogP contribution >= 0.6 is 11.6 Å². The molecule has 18 heavy (non-hydrogen) atoms. The third kappa shape index (κ3) is 2.07. The van der Waals surface area contributed by atoms with E-state index in [-0.39, 0.29) is 0 Å². The van der Waals surface area contributed by atoms with Crippen molar-refractivity contribution in [2.24, 2.45) is 5.73 Å². The molecule has 0 fully saturated rings. The molecule has 2 N–H and O–H groups in total. The number of benzene rings is 1. The predicted octanol–water partition coefficient (Wildman–Crippen LogP) is 1.58. The van der Waals surface area contributed by atoms with E-state index in [1.54, 1.807) is 29.1 Å². The van der Waals surface area contributed by atoms with Gasteiger partial charge < -0.3 is 10.2 Å². The Hall–Kier alpha value is -1.92. The molecule has 2 heterocycles. The highest BCUT2D eigenvalue weighted by molar-refractivity contribution is 6.31. The summed E-state index contributed by atoms with van der Waals surface area (Å²) in [6.07, 6.45) is 1.77. The first-order chi connectivity index (χ1) is 8.74. The molecular formula is C11H10ClN5O. The summed E-state index contributed by atoms with van der Waals surface area (Å²) in [7, 11) is 0. The average Bonchev–Trinajstić information content (AvgIpc) is 2.95. The highest BCUT2D eigenvalue weighted by Crippen LogP contribution is 2.20. The minimum Gasteiger partial charge on any atom is -0.439 e. The normalized spacial score (nSPS) is 11.2. The molecule has 1 aromatic carbocycles. The maximum atomic E-state index is 5.89. The third-order valence-electron chi connectivity index (χ3n) is 2.49. The van der Waals surface area contributed by atoms with Gasteiger partial charge in [-0.15, -0.1) is 5.10 Å². The quantitative estimate of drug-likeness (QED) is 0.776. The molecule has 0 aliphatic rings. The van der Waals surface area contributed by atoms with E-state index < -0.39 is 0 Å². The molecule has 3 rings (SSSR count). The fourth-order valence-electron chi connectivity index (χ4n) is 1.66.